The largest absolute Gasteiger partial charge is 0.372 e. The molecule has 4 fully saturated rings. The Hall–Kier alpha value is -3.15. The van der Waals surface area contributed by atoms with Crippen molar-refractivity contribution in [2.24, 2.45) is 13.0 Å². The Morgan fingerprint density at radius 3 is 2.45 bits per heavy atom. The van der Waals surface area contributed by atoms with Crippen LogP contribution in [0.15, 0.2) is 59.7 Å². The van der Waals surface area contributed by atoms with Gasteiger partial charge in [0.05, 0.1) is 5.69 Å². The zero-order chi connectivity index (χ0) is 22.4. The van der Waals surface area contributed by atoms with E-state index in [4.69, 9.17) is 4.98 Å². The summed E-state index contributed by atoms with van der Waals surface area (Å²) >= 11 is 0. The lowest BCUT2D eigenvalue weighted by atomic mass is 9.70. The molecule has 3 unspecified atom stereocenters. The first-order valence-corrected chi connectivity index (χ1v) is 12.3. The van der Waals surface area contributed by atoms with Crippen molar-refractivity contribution in [1.82, 2.24) is 14.5 Å². The van der Waals surface area contributed by atoms with Gasteiger partial charge in [-0.05, 0) is 67.9 Å². The zero-order valence-electron chi connectivity index (χ0n) is 19.2. The Labute approximate surface area is 194 Å². The summed E-state index contributed by atoms with van der Waals surface area (Å²) in [6.07, 6.45) is 9.74. The van der Waals surface area contributed by atoms with Gasteiger partial charge in [-0.25, -0.2) is 4.98 Å². The second-order valence-corrected chi connectivity index (χ2v) is 9.87. The first kappa shape index (κ1) is 20.5. The van der Waals surface area contributed by atoms with Crippen molar-refractivity contribution in [2.75, 3.05) is 29.4 Å². The molecule has 33 heavy (non-hydrogen) atoms. The van der Waals surface area contributed by atoms with Crippen molar-refractivity contribution in [3.05, 3.63) is 70.8 Å². The summed E-state index contributed by atoms with van der Waals surface area (Å²) in [6, 6.07) is 15.1. The maximum absolute atomic E-state index is 12.9. The average Bonchev–Trinajstić information content (AvgIpc) is 3.41. The molecule has 0 amide bonds. The highest BCUT2D eigenvalue weighted by Crippen LogP contribution is 2.45. The molecule has 7 rings (SSSR count). The van der Waals surface area contributed by atoms with E-state index in [1.807, 2.05) is 19.2 Å². The summed E-state index contributed by atoms with van der Waals surface area (Å²) in [6.45, 7) is 3.33. The molecule has 1 aromatic carbocycles. The Morgan fingerprint density at radius 2 is 1.73 bits per heavy atom. The number of piperidine rings is 2. The molecule has 1 saturated carbocycles. The van der Waals surface area contributed by atoms with E-state index in [0.717, 1.165) is 30.2 Å². The maximum Gasteiger partial charge on any atom is 0.255 e. The van der Waals surface area contributed by atoms with Gasteiger partial charge in [0.15, 0.2) is 0 Å². The van der Waals surface area contributed by atoms with Crippen LogP contribution in [-0.2, 0) is 7.05 Å². The molecule has 0 spiro atoms. The van der Waals surface area contributed by atoms with Gasteiger partial charge in [0.2, 0.25) is 5.95 Å². The first-order chi connectivity index (χ1) is 16.2. The Balaban J connectivity index is 1.33. The molecule has 6 nitrogen and oxygen atoms in total. The number of pyridine rings is 1. The molecule has 0 radical (unpaired) electrons. The number of anilines is 2. The molecule has 5 heterocycles. The number of hydrogen-bond acceptors (Lipinski definition) is 5. The van der Waals surface area contributed by atoms with Crippen molar-refractivity contribution in [1.29, 1.82) is 0 Å². The fourth-order valence-corrected chi connectivity index (χ4v) is 6.14. The highest BCUT2D eigenvalue weighted by Gasteiger charge is 2.42. The summed E-state index contributed by atoms with van der Waals surface area (Å²) in [5.74, 6) is 1.91. The lowest BCUT2D eigenvalue weighted by Crippen LogP contribution is -2.54. The van der Waals surface area contributed by atoms with E-state index in [1.165, 1.54) is 50.0 Å². The van der Waals surface area contributed by atoms with Crippen molar-refractivity contribution < 1.29 is 0 Å². The van der Waals surface area contributed by atoms with Crippen LogP contribution in [0.2, 0.25) is 0 Å². The van der Waals surface area contributed by atoms with Crippen LogP contribution in [0, 0.1) is 5.92 Å². The minimum Gasteiger partial charge on any atom is -0.372 e. The minimum absolute atomic E-state index is 0.0141. The normalized spacial score (nSPS) is 24.5. The fourth-order valence-electron chi connectivity index (χ4n) is 6.14. The monoisotopic (exact) mass is 441 g/mol. The van der Waals surface area contributed by atoms with Gasteiger partial charge < -0.3 is 9.80 Å². The van der Waals surface area contributed by atoms with E-state index in [0.29, 0.717) is 17.9 Å². The van der Waals surface area contributed by atoms with Gasteiger partial charge in [-0.2, -0.15) is 0 Å². The highest BCUT2D eigenvalue weighted by molar-refractivity contribution is 5.60. The Kier molecular flexibility index (Phi) is 5.16. The number of hydrogen-bond donors (Lipinski definition) is 0. The third kappa shape index (κ3) is 3.71. The number of fused-ring (bicyclic) bond motifs is 3. The van der Waals surface area contributed by atoms with Gasteiger partial charge in [0, 0.05) is 68.4 Å². The third-order valence-electron chi connectivity index (χ3n) is 7.91. The van der Waals surface area contributed by atoms with E-state index in [2.05, 4.69) is 39.0 Å². The molecule has 3 aromatic rings. The quantitative estimate of drug-likeness (QED) is 0.607. The number of aromatic nitrogens is 3. The number of benzene rings is 1. The third-order valence-corrected chi connectivity index (χ3v) is 7.91. The molecule has 6 heteroatoms. The van der Waals surface area contributed by atoms with Crippen LogP contribution >= 0.6 is 0 Å². The van der Waals surface area contributed by atoms with Crippen LogP contribution in [0.25, 0.3) is 11.3 Å². The molecular weight excluding hydrogens is 410 g/mol. The predicted molar refractivity (Wildman–Crippen MR) is 132 cm³/mol. The second kappa shape index (κ2) is 8.32. The second-order valence-electron chi connectivity index (χ2n) is 9.87. The Bertz CT molecular complexity index is 1180. The molecular formula is C27H31N5O. The molecule has 2 aromatic heterocycles. The molecule has 3 atom stereocenters. The highest BCUT2D eigenvalue weighted by atomic mass is 16.1. The van der Waals surface area contributed by atoms with Gasteiger partial charge in [-0.15, -0.1) is 0 Å². The van der Waals surface area contributed by atoms with Crippen LogP contribution < -0.4 is 15.4 Å². The van der Waals surface area contributed by atoms with Crippen LogP contribution in [0.5, 0.6) is 0 Å². The lowest BCUT2D eigenvalue weighted by molar-refractivity contribution is 0.215. The molecule has 3 aliphatic heterocycles. The van der Waals surface area contributed by atoms with Crippen molar-refractivity contribution in [3.63, 3.8) is 0 Å². The van der Waals surface area contributed by atoms with Crippen LogP contribution in [-0.4, -0.2) is 40.2 Å². The summed E-state index contributed by atoms with van der Waals surface area (Å²) in [4.78, 5) is 26.9. The average molecular weight is 442 g/mol. The van der Waals surface area contributed by atoms with E-state index in [-0.39, 0.29) is 5.56 Å². The van der Waals surface area contributed by atoms with Crippen molar-refractivity contribution >= 4 is 11.6 Å². The number of nitrogens with zero attached hydrogens (tertiary/aromatic N) is 5. The summed E-state index contributed by atoms with van der Waals surface area (Å²) in [7, 11) is 1.85. The molecule has 2 bridgehead atoms. The molecule has 1 aliphatic carbocycles. The molecule has 0 N–H and O–H groups in total. The van der Waals surface area contributed by atoms with Gasteiger partial charge >= 0.3 is 0 Å². The van der Waals surface area contributed by atoms with Gasteiger partial charge in [-0.1, -0.05) is 12.1 Å². The number of rotatable bonds is 4. The standard InChI is InChI=1S/C27H31N5O/c1-30-26(33)17-24(21-10-12-28-13-11-21)29-27(30)32-18-19-4-9-25(32)23(16-19)20-5-7-22(8-6-20)31-14-2-3-15-31/h5-8,10-13,17,19,23,25H,2-4,9,14-16,18H2,1H3. The van der Waals surface area contributed by atoms with Crippen molar-refractivity contribution in [3.8, 4) is 11.3 Å². The first-order valence-electron chi connectivity index (χ1n) is 12.3. The molecule has 170 valence electrons. The smallest absolute Gasteiger partial charge is 0.255 e. The van der Waals surface area contributed by atoms with E-state index < -0.39 is 0 Å². The van der Waals surface area contributed by atoms with Gasteiger partial charge in [0.25, 0.3) is 5.56 Å². The SMILES string of the molecule is Cn1c(N2CC3CCC2C(c2ccc(N4CCCC4)cc2)C3)nc(-c2ccncc2)cc1=O. The maximum atomic E-state index is 12.9. The fraction of sp³-hybridized carbons (Fsp3) is 0.444. The van der Waals surface area contributed by atoms with Crippen LogP contribution in [0.1, 0.15) is 43.6 Å². The van der Waals surface area contributed by atoms with Crippen LogP contribution in [0.4, 0.5) is 11.6 Å². The van der Waals surface area contributed by atoms with Gasteiger partial charge in [0.1, 0.15) is 0 Å². The Morgan fingerprint density at radius 1 is 0.970 bits per heavy atom. The lowest BCUT2D eigenvalue weighted by Gasteiger charge is -2.51. The summed E-state index contributed by atoms with van der Waals surface area (Å²) in [5.41, 5.74) is 4.42. The van der Waals surface area contributed by atoms with E-state index in [9.17, 15) is 4.79 Å². The van der Waals surface area contributed by atoms with E-state index >= 15 is 0 Å². The molecule has 3 saturated heterocycles. The topological polar surface area (TPSA) is 54.3 Å². The molecule has 4 aliphatic rings. The summed E-state index contributed by atoms with van der Waals surface area (Å²) < 4.78 is 1.72. The predicted octanol–water partition coefficient (Wildman–Crippen LogP) is 4.22. The van der Waals surface area contributed by atoms with Crippen molar-refractivity contribution in [2.45, 2.75) is 44.1 Å². The minimum atomic E-state index is -0.0141. The van der Waals surface area contributed by atoms with Gasteiger partial charge in [-0.3, -0.25) is 14.3 Å². The summed E-state index contributed by atoms with van der Waals surface area (Å²) in [5, 5.41) is 0. The zero-order valence-corrected chi connectivity index (χ0v) is 19.2. The van der Waals surface area contributed by atoms with Crippen LogP contribution in [0.3, 0.4) is 0 Å². The van der Waals surface area contributed by atoms with E-state index in [1.54, 1.807) is 23.0 Å².